The van der Waals surface area contributed by atoms with E-state index in [-0.39, 0.29) is 0 Å². The van der Waals surface area contributed by atoms with Gasteiger partial charge in [0.2, 0.25) is 0 Å². The predicted molar refractivity (Wildman–Crippen MR) is 205 cm³/mol. The van der Waals surface area contributed by atoms with Crippen LogP contribution in [0.4, 0.5) is 0 Å². The molecule has 0 spiro atoms. The third-order valence-electron chi connectivity index (χ3n) is 9.15. The number of para-hydroxylation sites is 1. The van der Waals surface area contributed by atoms with Crippen molar-refractivity contribution in [3.8, 4) is 67.5 Å². The summed E-state index contributed by atoms with van der Waals surface area (Å²) < 4.78 is 0. The molecule has 0 fully saturated rings. The molecule has 0 saturated heterocycles. The molecule has 0 radical (unpaired) electrons. The van der Waals surface area contributed by atoms with E-state index < -0.39 is 0 Å². The van der Waals surface area contributed by atoms with Crippen LogP contribution in [0.25, 0.3) is 89.2 Å². The van der Waals surface area contributed by atoms with Crippen molar-refractivity contribution >= 4 is 21.7 Å². The first-order valence-electron chi connectivity index (χ1n) is 16.7. The molecular weight excluding hydrogens is 609 g/mol. The zero-order valence-corrected chi connectivity index (χ0v) is 27.1. The van der Waals surface area contributed by atoms with Gasteiger partial charge in [0.25, 0.3) is 0 Å². The standard InChI is InChI=1S/C46H30N4/c1-3-12-32(13-4-1)42-30-43(50-46(49-42)34-14-5-2-6-15-34)33-24-22-31(23-25-33)35-16-11-17-36(28-35)37-26-27-47-44(29-37)45-40-20-8-7-18-38(40)39-19-9-10-21-41(39)48-45/h1-30H. The van der Waals surface area contributed by atoms with Gasteiger partial charge in [-0.25, -0.2) is 15.0 Å². The van der Waals surface area contributed by atoms with Crippen molar-refractivity contribution in [2.24, 2.45) is 0 Å². The normalized spacial score (nSPS) is 11.2. The van der Waals surface area contributed by atoms with Gasteiger partial charge in [-0.15, -0.1) is 0 Å². The molecule has 4 nitrogen and oxygen atoms in total. The summed E-state index contributed by atoms with van der Waals surface area (Å²) in [5.74, 6) is 0.710. The maximum absolute atomic E-state index is 5.08. The van der Waals surface area contributed by atoms with Crippen molar-refractivity contribution in [2.45, 2.75) is 0 Å². The topological polar surface area (TPSA) is 51.6 Å². The van der Waals surface area contributed by atoms with Gasteiger partial charge in [0.05, 0.1) is 28.3 Å². The molecule has 50 heavy (non-hydrogen) atoms. The van der Waals surface area contributed by atoms with Crippen LogP contribution in [-0.4, -0.2) is 19.9 Å². The Bertz CT molecular complexity index is 2580. The zero-order valence-electron chi connectivity index (χ0n) is 27.1. The number of rotatable bonds is 6. The molecule has 0 saturated carbocycles. The number of fused-ring (bicyclic) bond motifs is 3. The molecular formula is C46H30N4. The minimum Gasteiger partial charge on any atom is -0.255 e. The molecule has 234 valence electrons. The highest BCUT2D eigenvalue weighted by Crippen LogP contribution is 2.35. The molecule has 0 amide bonds. The summed E-state index contributed by atoms with van der Waals surface area (Å²) in [6.45, 7) is 0. The van der Waals surface area contributed by atoms with E-state index in [0.717, 1.165) is 78.0 Å². The van der Waals surface area contributed by atoms with Gasteiger partial charge in [0, 0.05) is 33.7 Å². The molecule has 0 N–H and O–H groups in total. The van der Waals surface area contributed by atoms with Gasteiger partial charge in [0.1, 0.15) is 0 Å². The second kappa shape index (κ2) is 12.7. The van der Waals surface area contributed by atoms with E-state index in [9.17, 15) is 0 Å². The van der Waals surface area contributed by atoms with Gasteiger partial charge >= 0.3 is 0 Å². The summed E-state index contributed by atoms with van der Waals surface area (Å²) in [5.41, 5.74) is 12.1. The third kappa shape index (κ3) is 5.59. The van der Waals surface area contributed by atoms with Crippen LogP contribution in [0.5, 0.6) is 0 Å². The lowest BCUT2D eigenvalue weighted by atomic mass is 9.97. The first-order chi connectivity index (χ1) is 24.8. The van der Waals surface area contributed by atoms with Crippen LogP contribution in [0.2, 0.25) is 0 Å². The van der Waals surface area contributed by atoms with E-state index >= 15 is 0 Å². The quantitative estimate of drug-likeness (QED) is 0.170. The number of pyridine rings is 2. The largest absolute Gasteiger partial charge is 0.255 e. The average molecular weight is 639 g/mol. The smallest absolute Gasteiger partial charge is 0.160 e. The molecule has 9 aromatic rings. The molecule has 6 aromatic carbocycles. The minimum absolute atomic E-state index is 0.710. The maximum Gasteiger partial charge on any atom is 0.160 e. The second-order valence-electron chi connectivity index (χ2n) is 12.3. The highest BCUT2D eigenvalue weighted by molar-refractivity contribution is 6.10. The van der Waals surface area contributed by atoms with Gasteiger partial charge in [-0.3, -0.25) is 4.98 Å². The van der Waals surface area contributed by atoms with Crippen LogP contribution in [0.3, 0.4) is 0 Å². The number of hydrogen-bond acceptors (Lipinski definition) is 4. The molecule has 3 heterocycles. The highest BCUT2D eigenvalue weighted by atomic mass is 14.9. The Hall–Kier alpha value is -6.78. The first-order valence-corrected chi connectivity index (χ1v) is 16.7. The van der Waals surface area contributed by atoms with Crippen molar-refractivity contribution in [1.29, 1.82) is 0 Å². The first kappa shape index (κ1) is 29.4. The Balaban J connectivity index is 1.06. The van der Waals surface area contributed by atoms with Gasteiger partial charge in [-0.05, 0) is 58.0 Å². The van der Waals surface area contributed by atoms with Crippen molar-refractivity contribution in [2.75, 3.05) is 0 Å². The Kier molecular flexibility index (Phi) is 7.45. The van der Waals surface area contributed by atoms with Crippen LogP contribution >= 0.6 is 0 Å². The third-order valence-corrected chi connectivity index (χ3v) is 9.15. The Morgan fingerprint density at radius 2 is 0.840 bits per heavy atom. The summed E-state index contributed by atoms with van der Waals surface area (Å²) >= 11 is 0. The van der Waals surface area contributed by atoms with E-state index in [1.165, 1.54) is 5.39 Å². The molecule has 0 aliphatic heterocycles. The lowest BCUT2D eigenvalue weighted by Gasteiger charge is -2.12. The van der Waals surface area contributed by atoms with Crippen molar-refractivity contribution < 1.29 is 0 Å². The fourth-order valence-corrected chi connectivity index (χ4v) is 6.62. The summed E-state index contributed by atoms with van der Waals surface area (Å²) in [4.78, 5) is 19.8. The lowest BCUT2D eigenvalue weighted by Crippen LogP contribution is -1.95. The van der Waals surface area contributed by atoms with Gasteiger partial charge in [-0.2, -0.15) is 0 Å². The molecule has 0 atom stereocenters. The molecule has 0 bridgehead atoms. The fraction of sp³-hybridized carbons (Fsp3) is 0. The minimum atomic E-state index is 0.710. The van der Waals surface area contributed by atoms with Gasteiger partial charge < -0.3 is 0 Å². The number of nitrogens with zero attached hydrogens (tertiary/aromatic N) is 4. The Morgan fingerprint density at radius 1 is 0.300 bits per heavy atom. The van der Waals surface area contributed by atoms with Gasteiger partial charge in [-0.1, -0.05) is 146 Å². The fourth-order valence-electron chi connectivity index (χ4n) is 6.62. The summed E-state index contributed by atoms with van der Waals surface area (Å²) in [7, 11) is 0. The van der Waals surface area contributed by atoms with Crippen LogP contribution in [0.1, 0.15) is 0 Å². The van der Waals surface area contributed by atoms with E-state index in [0.29, 0.717) is 5.82 Å². The van der Waals surface area contributed by atoms with E-state index in [1.54, 1.807) is 0 Å². The lowest BCUT2D eigenvalue weighted by molar-refractivity contribution is 1.18. The van der Waals surface area contributed by atoms with E-state index in [4.69, 9.17) is 19.9 Å². The zero-order chi connectivity index (χ0) is 33.3. The molecule has 0 unspecified atom stereocenters. The molecule has 0 aliphatic rings. The molecule has 0 aliphatic carbocycles. The SMILES string of the molecule is c1ccc(-c2cc(-c3ccc(-c4cccc(-c5ccnc(-c6nc7ccccc7c7ccccc67)c5)c4)cc3)nc(-c3ccccc3)n2)cc1. The second-order valence-corrected chi connectivity index (χ2v) is 12.3. The molecule has 4 heteroatoms. The van der Waals surface area contributed by atoms with Crippen molar-refractivity contribution in [3.63, 3.8) is 0 Å². The van der Waals surface area contributed by atoms with Crippen LogP contribution in [-0.2, 0) is 0 Å². The number of benzene rings is 6. The summed E-state index contributed by atoms with van der Waals surface area (Å²) in [6, 6.07) is 60.8. The van der Waals surface area contributed by atoms with Crippen LogP contribution < -0.4 is 0 Å². The van der Waals surface area contributed by atoms with Crippen LogP contribution in [0.15, 0.2) is 182 Å². The van der Waals surface area contributed by atoms with Crippen molar-refractivity contribution in [1.82, 2.24) is 19.9 Å². The number of hydrogen-bond donors (Lipinski definition) is 0. The predicted octanol–water partition coefficient (Wildman–Crippen LogP) is 11.6. The average Bonchev–Trinajstić information content (AvgIpc) is 3.21. The number of aromatic nitrogens is 4. The summed E-state index contributed by atoms with van der Waals surface area (Å²) in [6.07, 6.45) is 1.88. The van der Waals surface area contributed by atoms with Crippen molar-refractivity contribution in [3.05, 3.63) is 182 Å². The summed E-state index contributed by atoms with van der Waals surface area (Å²) in [5, 5.41) is 3.43. The van der Waals surface area contributed by atoms with E-state index in [2.05, 4.69) is 133 Å². The Labute approximate surface area is 290 Å². The monoisotopic (exact) mass is 638 g/mol. The van der Waals surface area contributed by atoms with Gasteiger partial charge in [0.15, 0.2) is 5.82 Å². The van der Waals surface area contributed by atoms with E-state index in [1.807, 2.05) is 48.7 Å². The molecule has 3 aromatic heterocycles. The maximum atomic E-state index is 5.08. The molecule has 9 rings (SSSR count). The van der Waals surface area contributed by atoms with Crippen LogP contribution in [0, 0.1) is 0 Å². The Morgan fingerprint density at radius 3 is 1.58 bits per heavy atom. The highest BCUT2D eigenvalue weighted by Gasteiger charge is 2.14.